The average molecular weight is 231 g/mol. The van der Waals surface area contributed by atoms with Crippen LogP contribution in [0.25, 0.3) is 0 Å². The Bertz CT molecular complexity index is 473. The molecule has 0 N–H and O–H groups in total. The van der Waals surface area contributed by atoms with E-state index in [2.05, 4.69) is 0 Å². The molecule has 2 nitrogen and oxygen atoms in total. The molecule has 16 heavy (non-hydrogen) atoms. The molecule has 1 aliphatic rings. The molecule has 0 saturated heterocycles. The Balaban J connectivity index is 2.67. The van der Waals surface area contributed by atoms with Gasteiger partial charge in [-0.25, -0.2) is 0 Å². The van der Waals surface area contributed by atoms with Crippen molar-refractivity contribution in [2.45, 2.75) is 38.9 Å². The van der Waals surface area contributed by atoms with E-state index in [1.54, 1.807) is 0 Å². The largest absolute Gasteiger partial charge is 0.416 e. The summed E-state index contributed by atoms with van der Waals surface area (Å²) in [6, 6.07) is 1.12. The van der Waals surface area contributed by atoms with Crippen molar-refractivity contribution in [1.29, 1.82) is 0 Å². The molecule has 1 aromatic rings. The van der Waals surface area contributed by atoms with Crippen molar-refractivity contribution in [3.05, 3.63) is 33.2 Å². The number of fused-ring (bicyclic) bond motifs is 1. The summed E-state index contributed by atoms with van der Waals surface area (Å²) in [4.78, 5) is 11.7. The van der Waals surface area contributed by atoms with Crippen molar-refractivity contribution in [3.63, 3.8) is 0 Å². The number of hydrogen-bond donors (Lipinski definition) is 0. The van der Waals surface area contributed by atoms with Crippen LogP contribution >= 0.6 is 0 Å². The van der Waals surface area contributed by atoms with Gasteiger partial charge >= 0.3 is 6.18 Å². The van der Waals surface area contributed by atoms with Crippen molar-refractivity contribution >= 4 is 0 Å². The standard InChI is InChI=1S/C11H12F3NO/c1-7-9(11(12,13)14)6-8-4-2-3-5-15(8)10(7)16/h6H,2-5H2,1H3. The van der Waals surface area contributed by atoms with Gasteiger partial charge in [-0.1, -0.05) is 0 Å². The number of halogens is 3. The lowest BCUT2D eigenvalue weighted by Gasteiger charge is -2.21. The highest BCUT2D eigenvalue weighted by Crippen LogP contribution is 2.31. The lowest BCUT2D eigenvalue weighted by atomic mass is 10.0. The van der Waals surface area contributed by atoms with Crippen LogP contribution in [0, 0.1) is 6.92 Å². The predicted octanol–water partition coefficient (Wildman–Crippen LogP) is 2.51. The molecule has 1 aliphatic heterocycles. The Hall–Kier alpha value is -1.26. The first-order valence-corrected chi connectivity index (χ1v) is 5.22. The van der Waals surface area contributed by atoms with E-state index in [0.29, 0.717) is 18.7 Å². The second-order valence-corrected chi connectivity index (χ2v) is 4.09. The van der Waals surface area contributed by atoms with Crippen LogP contribution in [0.5, 0.6) is 0 Å². The van der Waals surface area contributed by atoms with Crippen molar-refractivity contribution in [2.24, 2.45) is 0 Å². The zero-order valence-electron chi connectivity index (χ0n) is 8.90. The molecule has 0 radical (unpaired) electrons. The minimum absolute atomic E-state index is 0.196. The predicted molar refractivity (Wildman–Crippen MR) is 53.4 cm³/mol. The minimum atomic E-state index is -4.43. The van der Waals surface area contributed by atoms with Crippen molar-refractivity contribution in [3.8, 4) is 0 Å². The van der Waals surface area contributed by atoms with Gasteiger partial charge in [-0.3, -0.25) is 4.79 Å². The van der Waals surface area contributed by atoms with E-state index in [1.165, 1.54) is 11.5 Å². The number of pyridine rings is 1. The molecule has 0 fully saturated rings. The molecule has 0 amide bonds. The van der Waals surface area contributed by atoms with Gasteiger partial charge in [0.25, 0.3) is 5.56 Å². The maximum atomic E-state index is 12.7. The molecule has 2 heterocycles. The van der Waals surface area contributed by atoms with Gasteiger partial charge in [0.2, 0.25) is 0 Å². The average Bonchev–Trinajstić information content (AvgIpc) is 2.22. The molecule has 0 spiro atoms. The van der Waals surface area contributed by atoms with Crippen LogP contribution < -0.4 is 5.56 Å². The summed E-state index contributed by atoms with van der Waals surface area (Å²) < 4.78 is 39.4. The SMILES string of the molecule is Cc1c(C(F)(F)F)cc2n(c1=O)CCCC2. The lowest BCUT2D eigenvalue weighted by Crippen LogP contribution is -2.31. The molecule has 5 heteroatoms. The van der Waals surface area contributed by atoms with Crippen LogP contribution in [0.4, 0.5) is 13.2 Å². The van der Waals surface area contributed by atoms with Gasteiger partial charge in [-0.2, -0.15) is 13.2 Å². The Kier molecular flexibility index (Phi) is 2.56. The summed E-state index contributed by atoms with van der Waals surface area (Å²) >= 11 is 0. The van der Waals surface area contributed by atoms with Gasteiger partial charge in [-0.05, 0) is 32.3 Å². The Labute approximate surface area is 90.7 Å². The van der Waals surface area contributed by atoms with E-state index in [-0.39, 0.29) is 5.56 Å². The van der Waals surface area contributed by atoms with Crippen LogP contribution in [0.3, 0.4) is 0 Å². The number of aromatic nitrogens is 1. The van der Waals surface area contributed by atoms with Crippen molar-refractivity contribution < 1.29 is 13.2 Å². The Morgan fingerprint density at radius 1 is 1.31 bits per heavy atom. The van der Waals surface area contributed by atoms with Crippen LogP contribution in [0.1, 0.15) is 29.7 Å². The zero-order valence-corrected chi connectivity index (χ0v) is 8.90. The van der Waals surface area contributed by atoms with E-state index in [0.717, 1.165) is 18.9 Å². The second-order valence-electron chi connectivity index (χ2n) is 4.09. The molecular formula is C11H12F3NO. The maximum Gasteiger partial charge on any atom is 0.416 e. The third kappa shape index (κ3) is 1.74. The second kappa shape index (κ2) is 3.64. The first kappa shape index (κ1) is 11.2. The Morgan fingerprint density at radius 3 is 2.62 bits per heavy atom. The number of rotatable bonds is 0. The fourth-order valence-electron chi connectivity index (χ4n) is 2.12. The molecule has 2 rings (SSSR count). The molecule has 0 atom stereocenters. The molecule has 0 aliphatic carbocycles. The van der Waals surface area contributed by atoms with Crippen molar-refractivity contribution in [1.82, 2.24) is 4.57 Å². The maximum absolute atomic E-state index is 12.7. The van der Waals surface area contributed by atoms with E-state index in [1.807, 2.05) is 0 Å². The smallest absolute Gasteiger partial charge is 0.312 e. The Morgan fingerprint density at radius 2 is 2.00 bits per heavy atom. The number of alkyl halides is 3. The van der Waals surface area contributed by atoms with Gasteiger partial charge in [0, 0.05) is 17.8 Å². The molecule has 1 aromatic heterocycles. The molecule has 88 valence electrons. The summed E-state index contributed by atoms with van der Waals surface area (Å²) in [5.41, 5.74) is -0.970. The molecule has 0 bridgehead atoms. The van der Waals surface area contributed by atoms with Gasteiger partial charge in [0.1, 0.15) is 0 Å². The topological polar surface area (TPSA) is 22.0 Å². The molecule has 0 saturated carbocycles. The summed E-state index contributed by atoms with van der Waals surface area (Å²) in [7, 11) is 0. The normalized spacial score (nSPS) is 16.0. The van der Waals surface area contributed by atoms with Crippen LogP contribution in [-0.4, -0.2) is 4.57 Å². The fraction of sp³-hybridized carbons (Fsp3) is 0.545. The zero-order chi connectivity index (χ0) is 11.9. The number of aryl methyl sites for hydroxylation is 1. The number of nitrogens with zero attached hydrogens (tertiary/aromatic N) is 1. The molecule has 0 unspecified atom stereocenters. The highest BCUT2D eigenvalue weighted by atomic mass is 19.4. The summed E-state index contributed by atoms with van der Waals surface area (Å²) in [5, 5.41) is 0. The quantitative estimate of drug-likeness (QED) is 0.672. The first-order chi connectivity index (χ1) is 7.41. The van der Waals surface area contributed by atoms with Gasteiger partial charge in [0.15, 0.2) is 0 Å². The minimum Gasteiger partial charge on any atom is -0.312 e. The highest BCUT2D eigenvalue weighted by molar-refractivity contribution is 5.30. The van der Waals surface area contributed by atoms with E-state index in [9.17, 15) is 18.0 Å². The van der Waals surface area contributed by atoms with Gasteiger partial charge < -0.3 is 4.57 Å². The fourth-order valence-corrected chi connectivity index (χ4v) is 2.12. The lowest BCUT2D eigenvalue weighted by molar-refractivity contribution is -0.138. The van der Waals surface area contributed by atoms with Crippen LogP contribution in [0.2, 0.25) is 0 Å². The van der Waals surface area contributed by atoms with Crippen LogP contribution in [-0.2, 0) is 19.1 Å². The summed E-state index contributed by atoms with van der Waals surface area (Å²) in [6.45, 7) is 1.78. The first-order valence-electron chi connectivity index (χ1n) is 5.22. The molecular weight excluding hydrogens is 219 g/mol. The van der Waals surface area contributed by atoms with Crippen molar-refractivity contribution in [2.75, 3.05) is 0 Å². The summed E-state index contributed by atoms with van der Waals surface area (Å²) in [5.74, 6) is 0. The van der Waals surface area contributed by atoms with Gasteiger partial charge in [0.05, 0.1) is 5.56 Å². The van der Waals surface area contributed by atoms with E-state index >= 15 is 0 Å². The van der Waals surface area contributed by atoms with Gasteiger partial charge in [-0.15, -0.1) is 0 Å². The third-order valence-corrected chi connectivity index (χ3v) is 3.00. The molecule has 0 aromatic carbocycles. The monoisotopic (exact) mass is 231 g/mol. The van der Waals surface area contributed by atoms with Crippen LogP contribution in [0.15, 0.2) is 10.9 Å². The third-order valence-electron chi connectivity index (χ3n) is 3.00. The number of hydrogen-bond acceptors (Lipinski definition) is 1. The highest BCUT2D eigenvalue weighted by Gasteiger charge is 2.34. The van der Waals surface area contributed by atoms with E-state index in [4.69, 9.17) is 0 Å². The van der Waals surface area contributed by atoms with E-state index < -0.39 is 17.3 Å². The summed E-state index contributed by atoms with van der Waals surface area (Å²) in [6.07, 6.45) is -2.17.